The quantitative estimate of drug-likeness (QED) is 0.735. The first-order valence-electron chi connectivity index (χ1n) is 4.12. The molecule has 0 saturated heterocycles. The molecule has 13 heavy (non-hydrogen) atoms. The van der Waals surface area contributed by atoms with E-state index >= 15 is 0 Å². The van der Waals surface area contributed by atoms with E-state index in [1.807, 2.05) is 19.2 Å². The molecule has 0 unspecified atom stereocenters. The van der Waals surface area contributed by atoms with Crippen LogP contribution in [0.4, 0.5) is 5.69 Å². The molecule has 1 heterocycles. The summed E-state index contributed by atoms with van der Waals surface area (Å²) < 4.78 is 0. The fourth-order valence-electron chi connectivity index (χ4n) is 0.940. The molecule has 1 rings (SSSR count). The summed E-state index contributed by atoms with van der Waals surface area (Å²) in [5.74, 6) is 0. The molecular weight excluding hydrogens is 182 g/mol. The van der Waals surface area contributed by atoms with E-state index in [4.69, 9.17) is 18.0 Å². The summed E-state index contributed by atoms with van der Waals surface area (Å²) in [7, 11) is 2.01. The van der Waals surface area contributed by atoms with E-state index in [1.54, 1.807) is 6.20 Å². The average Bonchev–Trinajstić information content (AvgIpc) is 2.17. The summed E-state index contributed by atoms with van der Waals surface area (Å²) in [5.41, 5.74) is 7.17. The van der Waals surface area contributed by atoms with Crippen LogP contribution in [0.25, 0.3) is 0 Å². The first-order valence-corrected chi connectivity index (χ1v) is 4.53. The van der Waals surface area contributed by atoms with Crippen molar-refractivity contribution in [3.05, 3.63) is 24.0 Å². The van der Waals surface area contributed by atoms with Gasteiger partial charge >= 0.3 is 0 Å². The van der Waals surface area contributed by atoms with E-state index in [0.29, 0.717) is 10.7 Å². The molecule has 0 atom stereocenters. The van der Waals surface area contributed by atoms with Crippen LogP contribution in [0.3, 0.4) is 0 Å². The van der Waals surface area contributed by atoms with Crippen LogP contribution in [0.5, 0.6) is 0 Å². The summed E-state index contributed by atoms with van der Waals surface area (Å²) in [4.78, 5) is 6.57. The zero-order valence-corrected chi connectivity index (χ0v) is 8.64. The summed E-state index contributed by atoms with van der Waals surface area (Å²) in [6, 6.07) is 3.80. The van der Waals surface area contributed by atoms with Gasteiger partial charge in [0.1, 0.15) is 4.99 Å². The van der Waals surface area contributed by atoms with Gasteiger partial charge in [-0.25, -0.2) is 0 Å². The van der Waals surface area contributed by atoms with Crippen molar-refractivity contribution in [2.24, 2.45) is 5.73 Å². The van der Waals surface area contributed by atoms with Crippen LogP contribution in [0.15, 0.2) is 18.3 Å². The van der Waals surface area contributed by atoms with Crippen LogP contribution in [0.2, 0.25) is 0 Å². The van der Waals surface area contributed by atoms with Crippen LogP contribution in [0, 0.1) is 0 Å². The highest BCUT2D eigenvalue weighted by Gasteiger charge is 2.00. The van der Waals surface area contributed by atoms with Crippen molar-refractivity contribution in [3.63, 3.8) is 0 Å². The van der Waals surface area contributed by atoms with Gasteiger partial charge in [-0.1, -0.05) is 12.2 Å². The van der Waals surface area contributed by atoms with Crippen molar-refractivity contribution >= 4 is 22.9 Å². The van der Waals surface area contributed by atoms with Crippen LogP contribution >= 0.6 is 12.2 Å². The second kappa shape index (κ2) is 4.18. The Kier molecular flexibility index (Phi) is 3.19. The number of nitrogens with zero attached hydrogens (tertiary/aromatic N) is 2. The van der Waals surface area contributed by atoms with Crippen molar-refractivity contribution in [2.75, 3.05) is 18.5 Å². The second-order valence-electron chi connectivity index (χ2n) is 2.78. The fourth-order valence-corrected chi connectivity index (χ4v) is 1.06. The number of hydrogen-bond donors (Lipinski definition) is 1. The topological polar surface area (TPSA) is 42.1 Å². The van der Waals surface area contributed by atoms with Crippen LogP contribution < -0.4 is 10.6 Å². The summed E-state index contributed by atoms with van der Waals surface area (Å²) in [5, 5.41) is 0. The largest absolute Gasteiger partial charge is 0.388 e. The number of rotatable bonds is 3. The minimum Gasteiger partial charge on any atom is -0.388 e. The third kappa shape index (κ3) is 2.39. The number of hydrogen-bond acceptors (Lipinski definition) is 3. The van der Waals surface area contributed by atoms with Crippen LogP contribution in [0.1, 0.15) is 12.6 Å². The maximum absolute atomic E-state index is 5.43. The maximum atomic E-state index is 5.43. The molecule has 4 heteroatoms. The van der Waals surface area contributed by atoms with Gasteiger partial charge in [0.2, 0.25) is 0 Å². The van der Waals surface area contributed by atoms with E-state index in [1.165, 1.54) is 0 Å². The van der Waals surface area contributed by atoms with Crippen molar-refractivity contribution in [1.29, 1.82) is 0 Å². The maximum Gasteiger partial charge on any atom is 0.122 e. The van der Waals surface area contributed by atoms with E-state index < -0.39 is 0 Å². The van der Waals surface area contributed by atoms with E-state index in [-0.39, 0.29) is 0 Å². The molecule has 1 aromatic rings. The molecule has 0 aliphatic carbocycles. The van der Waals surface area contributed by atoms with Gasteiger partial charge in [0.25, 0.3) is 0 Å². The lowest BCUT2D eigenvalue weighted by Crippen LogP contribution is -2.17. The minimum absolute atomic E-state index is 0.339. The smallest absolute Gasteiger partial charge is 0.122 e. The van der Waals surface area contributed by atoms with Crippen molar-refractivity contribution in [3.8, 4) is 0 Å². The molecular formula is C9H13N3S. The molecule has 3 nitrogen and oxygen atoms in total. The van der Waals surface area contributed by atoms with Gasteiger partial charge in [-0.15, -0.1) is 0 Å². The highest BCUT2D eigenvalue weighted by molar-refractivity contribution is 7.80. The first kappa shape index (κ1) is 9.92. The van der Waals surface area contributed by atoms with Crippen LogP contribution in [-0.4, -0.2) is 23.6 Å². The second-order valence-corrected chi connectivity index (χ2v) is 3.22. The van der Waals surface area contributed by atoms with Gasteiger partial charge < -0.3 is 10.6 Å². The molecule has 70 valence electrons. The van der Waals surface area contributed by atoms with Gasteiger partial charge in [-0.2, -0.15) is 0 Å². The Balaban J connectivity index is 2.87. The van der Waals surface area contributed by atoms with E-state index in [0.717, 1.165) is 12.2 Å². The van der Waals surface area contributed by atoms with Crippen molar-refractivity contribution in [1.82, 2.24) is 4.98 Å². The zero-order valence-electron chi connectivity index (χ0n) is 7.82. The number of pyridine rings is 1. The standard InChI is InChI=1S/C9H13N3S/c1-3-12(2)7-4-5-8(9(10)13)11-6-7/h4-6H,3H2,1-2H3,(H2,10,13). The zero-order chi connectivity index (χ0) is 9.84. The molecule has 1 aromatic heterocycles. The highest BCUT2D eigenvalue weighted by atomic mass is 32.1. The monoisotopic (exact) mass is 195 g/mol. The van der Waals surface area contributed by atoms with Gasteiger partial charge in [-0.3, -0.25) is 4.98 Å². The lowest BCUT2D eigenvalue weighted by atomic mass is 10.3. The molecule has 0 bridgehead atoms. The first-order chi connectivity index (χ1) is 6.15. The predicted molar refractivity (Wildman–Crippen MR) is 59.1 cm³/mol. The molecule has 0 saturated carbocycles. The molecule has 0 aromatic carbocycles. The predicted octanol–water partition coefficient (Wildman–Crippen LogP) is 1.17. The highest BCUT2D eigenvalue weighted by Crippen LogP contribution is 2.10. The number of aromatic nitrogens is 1. The van der Waals surface area contributed by atoms with Gasteiger partial charge in [0, 0.05) is 13.6 Å². The minimum atomic E-state index is 0.339. The normalized spacial score (nSPS) is 9.69. The lowest BCUT2D eigenvalue weighted by molar-refractivity contribution is 0.961. The van der Waals surface area contributed by atoms with Crippen molar-refractivity contribution < 1.29 is 0 Å². The Morgan fingerprint density at radius 3 is 2.69 bits per heavy atom. The number of anilines is 1. The molecule has 0 aliphatic heterocycles. The molecule has 2 N–H and O–H groups in total. The van der Waals surface area contributed by atoms with Gasteiger partial charge in [0.05, 0.1) is 17.6 Å². The lowest BCUT2D eigenvalue weighted by Gasteiger charge is -2.15. The Bertz CT molecular complexity index is 294. The van der Waals surface area contributed by atoms with Crippen LogP contribution in [-0.2, 0) is 0 Å². The average molecular weight is 195 g/mol. The third-order valence-corrected chi connectivity index (χ3v) is 2.12. The fraction of sp³-hybridized carbons (Fsp3) is 0.333. The Labute approximate surface area is 83.6 Å². The third-order valence-electron chi connectivity index (χ3n) is 1.92. The molecule has 0 radical (unpaired) electrons. The summed E-state index contributed by atoms with van der Waals surface area (Å²) >= 11 is 4.80. The SMILES string of the molecule is CCN(C)c1ccc(C(N)=S)nc1. The van der Waals surface area contributed by atoms with Gasteiger partial charge in [0.15, 0.2) is 0 Å². The molecule has 0 spiro atoms. The van der Waals surface area contributed by atoms with Gasteiger partial charge in [-0.05, 0) is 19.1 Å². The van der Waals surface area contributed by atoms with Crippen molar-refractivity contribution in [2.45, 2.75) is 6.92 Å². The van der Waals surface area contributed by atoms with E-state index in [9.17, 15) is 0 Å². The summed E-state index contributed by atoms with van der Waals surface area (Å²) in [6.45, 7) is 3.04. The number of nitrogens with two attached hydrogens (primary N) is 1. The Hall–Kier alpha value is -1.16. The number of thiocarbonyl (C=S) groups is 1. The summed E-state index contributed by atoms with van der Waals surface area (Å²) in [6.07, 6.45) is 1.78. The molecule has 0 fully saturated rings. The molecule has 0 amide bonds. The Morgan fingerprint density at radius 2 is 2.31 bits per heavy atom. The van der Waals surface area contributed by atoms with E-state index in [2.05, 4.69) is 16.8 Å². The Morgan fingerprint density at radius 1 is 1.62 bits per heavy atom. The molecule has 0 aliphatic rings.